The fourth-order valence-corrected chi connectivity index (χ4v) is 3.12. The lowest BCUT2D eigenvalue weighted by Gasteiger charge is -2.11. The molecular formula is C12H17BrN2O3S. The lowest BCUT2D eigenvalue weighted by atomic mass is 10.3. The van der Waals surface area contributed by atoms with Crippen molar-refractivity contribution in [2.75, 3.05) is 16.8 Å². The van der Waals surface area contributed by atoms with Gasteiger partial charge in [0.05, 0.1) is 10.9 Å². The zero-order chi connectivity index (χ0) is 14.6. The van der Waals surface area contributed by atoms with Gasteiger partial charge in [0.25, 0.3) is 0 Å². The van der Waals surface area contributed by atoms with Gasteiger partial charge in [0.2, 0.25) is 5.91 Å². The molecule has 7 heteroatoms. The molecule has 5 nitrogen and oxygen atoms in total. The molecule has 1 rings (SSSR count). The van der Waals surface area contributed by atoms with Crippen LogP contribution >= 0.6 is 15.9 Å². The van der Waals surface area contributed by atoms with Gasteiger partial charge < -0.3 is 11.1 Å². The number of amides is 1. The number of nitrogen functional groups attached to an aromatic ring is 1. The van der Waals surface area contributed by atoms with Crippen LogP contribution in [0.5, 0.6) is 0 Å². The highest BCUT2D eigenvalue weighted by Gasteiger charge is 2.23. The number of halogens is 1. The maximum absolute atomic E-state index is 11.8. The standard InChI is InChI=1S/C12H17BrN2O3S/c1-3-8(2)19(17,18)7-12(16)15-11-5-4-9(14)6-10(11)13/h4-6,8H,3,7,14H2,1-2H3,(H,15,16). The van der Waals surface area contributed by atoms with Crippen LogP contribution in [0.2, 0.25) is 0 Å². The molecule has 0 spiro atoms. The molecule has 1 aromatic carbocycles. The van der Waals surface area contributed by atoms with Crippen LogP contribution < -0.4 is 11.1 Å². The molecule has 0 aliphatic rings. The van der Waals surface area contributed by atoms with E-state index < -0.39 is 26.7 Å². The van der Waals surface area contributed by atoms with Crippen molar-refractivity contribution >= 4 is 43.0 Å². The van der Waals surface area contributed by atoms with Crippen LogP contribution in [0, 0.1) is 0 Å². The zero-order valence-corrected chi connectivity index (χ0v) is 13.2. The Bertz CT molecular complexity index is 572. The van der Waals surface area contributed by atoms with E-state index in [1.54, 1.807) is 32.0 Å². The van der Waals surface area contributed by atoms with Gasteiger partial charge in [0.1, 0.15) is 5.75 Å². The largest absolute Gasteiger partial charge is 0.399 e. The summed E-state index contributed by atoms with van der Waals surface area (Å²) in [4.78, 5) is 11.7. The van der Waals surface area contributed by atoms with E-state index in [4.69, 9.17) is 5.73 Å². The summed E-state index contributed by atoms with van der Waals surface area (Å²) in [5.41, 5.74) is 6.63. The highest BCUT2D eigenvalue weighted by Crippen LogP contribution is 2.24. The Morgan fingerprint density at radius 1 is 1.47 bits per heavy atom. The first-order chi connectivity index (χ1) is 8.76. The lowest BCUT2D eigenvalue weighted by molar-refractivity contribution is -0.113. The predicted octanol–water partition coefficient (Wildman–Crippen LogP) is 2.18. The van der Waals surface area contributed by atoms with Crippen molar-refractivity contribution in [3.8, 4) is 0 Å². The van der Waals surface area contributed by atoms with Crippen LogP contribution in [-0.2, 0) is 14.6 Å². The molecule has 0 aliphatic heterocycles. The number of hydrogen-bond acceptors (Lipinski definition) is 4. The average molecular weight is 349 g/mol. The highest BCUT2D eigenvalue weighted by atomic mass is 79.9. The number of anilines is 2. The molecule has 0 aliphatic carbocycles. The number of hydrogen-bond donors (Lipinski definition) is 2. The Morgan fingerprint density at radius 2 is 2.11 bits per heavy atom. The molecule has 1 amide bonds. The van der Waals surface area contributed by atoms with Crippen LogP contribution in [0.15, 0.2) is 22.7 Å². The van der Waals surface area contributed by atoms with E-state index in [0.717, 1.165) is 0 Å². The van der Waals surface area contributed by atoms with E-state index in [1.807, 2.05) is 0 Å². The Balaban J connectivity index is 2.76. The minimum atomic E-state index is -3.40. The van der Waals surface area contributed by atoms with Crippen molar-refractivity contribution in [3.63, 3.8) is 0 Å². The number of carbonyl (C=O) groups excluding carboxylic acids is 1. The second-order valence-corrected chi connectivity index (χ2v) is 7.59. The average Bonchev–Trinajstić information content (AvgIpc) is 2.31. The fourth-order valence-electron chi connectivity index (χ4n) is 1.40. The fraction of sp³-hybridized carbons (Fsp3) is 0.417. The van der Waals surface area contributed by atoms with E-state index in [1.165, 1.54) is 0 Å². The number of nitrogens with two attached hydrogens (primary N) is 1. The van der Waals surface area contributed by atoms with E-state index in [0.29, 0.717) is 22.3 Å². The smallest absolute Gasteiger partial charge is 0.239 e. The van der Waals surface area contributed by atoms with Crippen molar-refractivity contribution in [2.45, 2.75) is 25.5 Å². The lowest BCUT2D eigenvalue weighted by Crippen LogP contribution is -2.29. The maximum Gasteiger partial charge on any atom is 0.239 e. The molecule has 0 aromatic heterocycles. The van der Waals surface area contributed by atoms with Crippen molar-refractivity contribution < 1.29 is 13.2 Å². The second kappa shape index (κ2) is 6.38. The second-order valence-electron chi connectivity index (χ2n) is 4.31. The van der Waals surface area contributed by atoms with E-state index in [2.05, 4.69) is 21.2 Å². The van der Waals surface area contributed by atoms with Crippen LogP contribution in [0.3, 0.4) is 0 Å². The predicted molar refractivity (Wildman–Crippen MR) is 80.7 cm³/mol. The van der Waals surface area contributed by atoms with Gasteiger partial charge in [-0.2, -0.15) is 0 Å². The summed E-state index contributed by atoms with van der Waals surface area (Å²) in [7, 11) is -3.40. The van der Waals surface area contributed by atoms with Crippen molar-refractivity contribution in [3.05, 3.63) is 22.7 Å². The number of rotatable bonds is 5. The SMILES string of the molecule is CCC(C)S(=O)(=O)CC(=O)Nc1ccc(N)cc1Br. The summed E-state index contributed by atoms with van der Waals surface area (Å²) in [5.74, 6) is -1.07. The normalized spacial score (nSPS) is 13.0. The molecule has 0 radical (unpaired) electrons. The Kier molecular flexibility index (Phi) is 5.37. The molecule has 19 heavy (non-hydrogen) atoms. The molecule has 0 saturated heterocycles. The van der Waals surface area contributed by atoms with Gasteiger partial charge in [-0.15, -0.1) is 0 Å². The Hall–Kier alpha value is -1.08. The summed E-state index contributed by atoms with van der Waals surface area (Å²) >= 11 is 3.25. The van der Waals surface area contributed by atoms with Gasteiger partial charge in [-0.25, -0.2) is 8.42 Å². The van der Waals surface area contributed by atoms with Crippen molar-refractivity contribution in [1.29, 1.82) is 0 Å². The van der Waals surface area contributed by atoms with Gasteiger partial charge in [0.15, 0.2) is 9.84 Å². The summed E-state index contributed by atoms with van der Waals surface area (Å²) in [6.45, 7) is 3.37. The van der Waals surface area contributed by atoms with E-state index in [9.17, 15) is 13.2 Å². The van der Waals surface area contributed by atoms with E-state index >= 15 is 0 Å². The first kappa shape index (κ1) is 16.0. The van der Waals surface area contributed by atoms with Crippen LogP contribution in [0.4, 0.5) is 11.4 Å². The Morgan fingerprint density at radius 3 is 2.63 bits per heavy atom. The molecule has 3 N–H and O–H groups in total. The first-order valence-electron chi connectivity index (χ1n) is 5.82. The highest BCUT2D eigenvalue weighted by molar-refractivity contribution is 9.10. The van der Waals surface area contributed by atoms with Gasteiger partial charge in [0, 0.05) is 10.2 Å². The Labute approximate surface area is 121 Å². The third-order valence-electron chi connectivity index (χ3n) is 2.79. The molecule has 106 valence electrons. The molecule has 0 bridgehead atoms. The van der Waals surface area contributed by atoms with Gasteiger partial charge in [-0.1, -0.05) is 6.92 Å². The molecular weight excluding hydrogens is 332 g/mol. The first-order valence-corrected chi connectivity index (χ1v) is 8.33. The number of carbonyl (C=O) groups is 1. The van der Waals surface area contributed by atoms with Crippen molar-refractivity contribution in [1.82, 2.24) is 0 Å². The molecule has 0 heterocycles. The van der Waals surface area contributed by atoms with Crippen molar-refractivity contribution in [2.24, 2.45) is 0 Å². The van der Waals surface area contributed by atoms with Crippen LogP contribution in [0.25, 0.3) is 0 Å². The maximum atomic E-state index is 11.8. The molecule has 1 unspecified atom stereocenters. The summed E-state index contributed by atoms with van der Waals surface area (Å²) in [6, 6.07) is 4.88. The van der Waals surface area contributed by atoms with Crippen LogP contribution in [0.1, 0.15) is 20.3 Å². The number of nitrogens with one attached hydrogen (secondary N) is 1. The minimum absolute atomic E-state index is 0.487. The third kappa shape index (κ3) is 4.50. The summed E-state index contributed by atoms with van der Waals surface area (Å²) in [5, 5.41) is 2.03. The van der Waals surface area contributed by atoms with Gasteiger partial charge in [-0.05, 0) is 47.5 Å². The quantitative estimate of drug-likeness (QED) is 0.798. The molecule has 0 saturated carbocycles. The monoisotopic (exact) mass is 348 g/mol. The van der Waals surface area contributed by atoms with Gasteiger partial charge in [-0.3, -0.25) is 4.79 Å². The van der Waals surface area contributed by atoms with Gasteiger partial charge >= 0.3 is 0 Å². The number of sulfone groups is 1. The zero-order valence-electron chi connectivity index (χ0n) is 10.8. The minimum Gasteiger partial charge on any atom is -0.399 e. The number of benzene rings is 1. The topological polar surface area (TPSA) is 89.3 Å². The summed E-state index contributed by atoms with van der Waals surface area (Å²) < 4.78 is 24.2. The molecule has 1 atom stereocenters. The summed E-state index contributed by atoms with van der Waals surface area (Å²) in [6.07, 6.45) is 0.487. The third-order valence-corrected chi connectivity index (χ3v) is 5.67. The molecule has 0 fully saturated rings. The molecule has 1 aromatic rings. The van der Waals surface area contributed by atoms with E-state index in [-0.39, 0.29) is 0 Å². The van der Waals surface area contributed by atoms with Crippen LogP contribution in [-0.4, -0.2) is 25.3 Å².